The van der Waals surface area contributed by atoms with E-state index in [2.05, 4.69) is 4.74 Å². The lowest BCUT2D eigenvalue weighted by Crippen LogP contribution is -2.38. The van der Waals surface area contributed by atoms with Gasteiger partial charge < -0.3 is 23.8 Å². The third-order valence-electron chi connectivity index (χ3n) is 4.17. The fourth-order valence-corrected chi connectivity index (χ4v) is 2.85. The zero-order chi connectivity index (χ0) is 16.9. The molecule has 130 valence electrons. The summed E-state index contributed by atoms with van der Waals surface area (Å²) in [5.74, 6) is 0.691. The zero-order valence-corrected chi connectivity index (χ0v) is 13.7. The largest absolute Gasteiger partial charge is 0.469 e. The first-order valence-electron chi connectivity index (χ1n) is 8.04. The highest BCUT2D eigenvalue weighted by Crippen LogP contribution is 2.33. The van der Waals surface area contributed by atoms with Gasteiger partial charge in [-0.15, -0.1) is 0 Å². The SMILES string of the molecule is COC(=O)CCN(CC1CCCO1)C(=O)c1ccc2c(c1)OCO2. The van der Waals surface area contributed by atoms with Gasteiger partial charge in [0.1, 0.15) is 0 Å². The van der Waals surface area contributed by atoms with Crippen LogP contribution < -0.4 is 9.47 Å². The number of nitrogens with zero attached hydrogens (tertiary/aromatic N) is 1. The molecule has 3 rings (SSSR count). The second-order valence-corrected chi connectivity index (χ2v) is 5.78. The predicted octanol–water partition coefficient (Wildman–Crippen LogP) is 1.60. The maximum absolute atomic E-state index is 12.9. The Morgan fingerprint density at radius 2 is 2.12 bits per heavy atom. The Balaban J connectivity index is 1.72. The molecule has 0 aromatic heterocycles. The molecule has 1 fully saturated rings. The van der Waals surface area contributed by atoms with Crippen LogP contribution in [0.3, 0.4) is 0 Å². The van der Waals surface area contributed by atoms with Crippen LogP contribution in [0.5, 0.6) is 11.5 Å². The number of benzene rings is 1. The Hall–Kier alpha value is -2.28. The molecule has 2 heterocycles. The van der Waals surface area contributed by atoms with Gasteiger partial charge in [0.15, 0.2) is 11.5 Å². The number of rotatable bonds is 6. The third kappa shape index (κ3) is 3.79. The van der Waals surface area contributed by atoms with Crippen molar-refractivity contribution in [2.75, 3.05) is 33.6 Å². The fourth-order valence-electron chi connectivity index (χ4n) is 2.85. The van der Waals surface area contributed by atoms with Gasteiger partial charge in [0.05, 0.1) is 19.6 Å². The minimum absolute atomic E-state index is 0.0145. The van der Waals surface area contributed by atoms with Crippen LogP contribution in [-0.2, 0) is 14.3 Å². The lowest BCUT2D eigenvalue weighted by molar-refractivity contribution is -0.140. The molecule has 7 heteroatoms. The molecule has 0 radical (unpaired) electrons. The van der Waals surface area contributed by atoms with Crippen LogP contribution in [0.25, 0.3) is 0 Å². The van der Waals surface area contributed by atoms with E-state index in [4.69, 9.17) is 14.2 Å². The van der Waals surface area contributed by atoms with Crippen LogP contribution in [0.2, 0.25) is 0 Å². The van der Waals surface area contributed by atoms with Crippen molar-refractivity contribution in [1.29, 1.82) is 0 Å². The number of fused-ring (bicyclic) bond motifs is 1. The van der Waals surface area contributed by atoms with E-state index < -0.39 is 0 Å². The molecule has 1 aromatic carbocycles. The van der Waals surface area contributed by atoms with Crippen LogP contribution in [0, 0.1) is 0 Å². The van der Waals surface area contributed by atoms with Gasteiger partial charge in [-0.25, -0.2) is 0 Å². The number of esters is 1. The van der Waals surface area contributed by atoms with Gasteiger partial charge in [0.25, 0.3) is 5.91 Å². The average Bonchev–Trinajstić information content (AvgIpc) is 3.28. The first-order chi connectivity index (χ1) is 11.7. The van der Waals surface area contributed by atoms with Crippen molar-refractivity contribution in [3.8, 4) is 11.5 Å². The van der Waals surface area contributed by atoms with Gasteiger partial charge >= 0.3 is 5.97 Å². The molecular formula is C17H21NO6. The molecule has 0 N–H and O–H groups in total. The lowest BCUT2D eigenvalue weighted by atomic mass is 10.1. The van der Waals surface area contributed by atoms with Crippen LogP contribution in [0.1, 0.15) is 29.6 Å². The summed E-state index contributed by atoms with van der Waals surface area (Å²) in [4.78, 5) is 25.9. The molecule has 1 saturated heterocycles. The van der Waals surface area contributed by atoms with E-state index in [-0.39, 0.29) is 31.2 Å². The lowest BCUT2D eigenvalue weighted by Gasteiger charge is -2.25. The summed E-state index contributed by atoms with van der Waals surface area (Å²) < 4.78 is 20.9. The standard InChI is InChI=1S/C17H21NO6/c1-21-16(19)6-7-18(10-13-3-2-8-22-13)17(20)12-4-5-14-15(9-12)24-11-23-14/h4-5,9,13H,2-3,6-8,10-11H2,1H3. The van der Waals surface area contributed by atoms with Crippen LogP contribution >= 0.6 is 0 Å². The fraction of sp³-hybridized carbons (Fsp3) is 0.529. The topological polar surface area (TPSA) is 74.3 Å². The summed E-state index contributed by atoms with van der Waals surface area (Å²) in [7, 11) is 1.34. The Morgan fingerprint density at radius 3 is 2.88 bits per heavy atom. The van der Waals surface area contributed by atoms with Gasteiger partial charge in [-0.1, -0.05) is 0 Å². The minimum Gasteiger partial charge on any atom is -0.469 e. The normalized spacial score (nSPS) is 18.5. The highest BCUT2D eigenvalue weighted by molar-refractivity contribution is 5.95. The van der Waals surface area contributed by atoms with Crippen molar-refractivity contribution in [2.24, 2.45) is 0 Å². The molecule has 7 nitrogen and oxygen atoms in total. The second-order valence-electron chi connectivity index (χ2n) is 5.78. The van der Waals surface area contributed by atoms with Crippen molar-refractivity contribution in [3.05, 3.63) is 23.8 Å². The third-order valence-corrected chi connectivity index (χ3v) is 4.17. The number of carbonyl (C=O) groups is 2. The van der Waals surface area contributed by atoms with Crippen molar-refractivity contribution in [1.82, 2.24) is 4.90 Å². The molecule has 1 unspecified atom stereocenters. The first-order valence-corrected chi connectivity index (χ1v) is 8.04. The van der Waals surface area contributed by atoms with E-state index in [1.165, 1.54) is 7.11 Å². The number of amides is 1. The Bertz CT molecular complexity index is 611. The van der Waals surface area contributed by atoms with Gasteiger partial charge in [-0.05, 0) is 31.0 Å². The van der Waals surface area contributed by atoms with Gasteiger partial charge in [-0.2, -0.15) is 0 Å². The van der Waals surface area contributed by atoms with Crippen LogP contribution in [0.15, 0.2) is 18.2 Å². The highest BCUT2D eigenvalue weighted by Gasteiger charge is 2.25. The van der Waals surface area contributed by atoms with Crippen molar-refractivity contribution >= 4 is 11.9 Å². The van der Waals surface area contributed by atoms with Gasteiger partial charge in [0.2, 0.25) is 6.79 Å². The quantitative estimate of drug-likeness (QED) is 0.735. The first kappa shape index (κ1) is 16.6. The number of hydrogen-bond acceptors (Lipinski definition) is 6. The molecule has 0 saturated carbocycles. The summed E-state index contributed by atoms with van der Waals surface area (Å²) >= 11 is 0. The van der Waals surface area contributed by atoms with Crippen molar-refractivity contribution in [3.63, 3.8) is 0 Å². The number of hydrogen-bond donors (Lipinski definition) is 0. The van der Waals surface area contributed by atoms with E-state index in [0.29, 0.717) is 36.8 Å². The van der Waals surface area contributed by atoms with E-state index in [1.54, 1.807) is 23.1 Å². The Labute approximate surface area is 140 Å². The summed E-state index contributed by atoms with van der Waals surface area (Å²) in [6.07, 6.45) is 2.08. The Kier molecular flexibility index (Phi) is 5.20. The molecule has 0 spiro atoms. The summed E-state index contributed by atoms with van der Waals surface area (Å²) in [6.45, 7) is 1.63. The van der Waals surface area contributed by atoms with Crippen LogP contribution in [0.4, 0.5) is 0 Å². The zero-order valence-electron chi connectivity index (χ0n) is 13.7. The Morgan fingerprint density at radius 1 is 1.29 bits per heavy atom. The molecule has 24 heavy (non-hydrogen) atoms. The van der Waals surface area contributed by atoms with E-state index in [0.717, 1.165) is 12.8 Å². The number of carbonyl (C=O) groups excluding carboxylic acids is 2. The molecule has 1 amide bonds. The second kappa shape index (κ2) is 7.53. The minimum atomic E-state index is -0.342. The molecule has 0 aliphatic carbocycles. The highest BCUT2D eigenvalue weighted by atomic mass is 16.7. The molecular weight excluding hydrogens is 314 g/mol. The van der Waals surface area contributed by atoms with E-state index in [1.807, 2.05) is 0 Å². The summed E-state index contributed by atoms with van der Waals surface area (Å²) in [6, 6.07) is 5.10. The number of ether oxygens (including phenoxy) is 4. The summed E-state index contributed by atoms with van der Waals surface area (Å²) in [5, 5.41) is 0. The van der Waals surface area contributed by atoms with Crippen molar-refractivity contribution in [2.45, 2.75) is 25.4 Å². The maximum atomic E-state index is 12.9. The maximum Gasteiger partial charge on any atom is 0.307 e. The average molecular weight is 335 g/mol. The summed E-state index contributed by atoms with van der Waals surface area (Å²) in [5.41, 5.74) is 0.502. The van der Waals surface area contributed by atoms with E-state index in [9.17, 15) is 9.59 Å². The molecule has 2 aliphatic heterocycles. The monoisotopic (exact) mass is 335 g/mol. The number of methoxy groups -OCH3 is 1. The smallest absolute Gasteiger partial charge is 0.307 e. The molecule has 1 aromatic rings. The molecule has 0 bridgehead atoms. The van der Waals surface area contributed by atoms with Gasteiger partial charge in [-0.3, -0.25) is 9.59 Å². The molecule has 1 atom stereocenters. The predicted molar refractivity (Wildman–Crippen MR) is 84.1 cm³/mol. The van der Waals surface area contributed by atoms with Gasteiger partial charge in [0, 0.05) is 25.3 Å². The van der Waals surface area contributed by atoms with Crippen molar-refractivity contribution < 1.29 is 28.5 Å². The van der Waals surface area contributed by atoms with Crippen LogP contribution in [-0.4, -0.2) is 56.5 Å². The van der Waals surface area contributed by atoms with E-state index >= 15 is 0 Å². The molecule has 2 aliphatic rings.